The number of hydrogen-bond donors (Lipinski definition) is 0. The first kappa shape index (κ1) is 11.3. The average Bonchev–Trinajstić information content (AvgIpc) is 2.21. The van der Waals surface area contributed by atoms with Crippen molar-refractivity contribution < 1.29 is 14.3 Å². The first-order chi connectivity index (χ1) is 7.61. The van der Waals surface area contributed by atoms with Gasteiger partial charge in [-0.05, 0) is 29.7 Å². The Labute approximate surface area is 102 Å². The molecule has 0 N–H and O–H groups in total. The van der Waals surface area contributed by atoms with E-state index >= 15 is 0 Å². The molecule has 0 heterocycles. The van der Waals surface area contributed by atoms with Gasteiger partial charge in [0.05, 0.1) is 7.11 Å². The molecule has 0 amide bonds. The summed E-state index contributed by atoms with van der Waals surface area (Å²) in [6.45, 7) is 0. The second-order valence-electron chi connectivity index (χ2n) is 3.82. The van der Waals surface area contributed by atoms with Crippen LogP contribution >= 0.6 is 15.9 Å². The molecule has 1 atom stereocenters. The largest absolute Gasteiger partial charge is 0.469 e. The Morgan fingerprint density at radius 1 is 1.50 bits per heavy atom. The molecule has 84 valence electrons. The second-order valence-corrected chi connectivity index (χ2v) is 4.73. The number of fused-ring (bicyclic) bond motifs is 1. The van der Waals surface area contributed by atoms with E-state index in [4.69, 9.17) is 0 Å². The van der Waals surface area contributed by atoms with Crippen LogP contribution in [0.25, 0.3) is 0 Å². The van der Waals surface area contributed by atoms with Crippen LogP contribution in [0.2, 0.25) is 0 Å². The zero-order valence-corrected chi connectivity index (χ0v) is 10.4. The molecule has 16 heavy (non-hydrogen) atoms. The highest BCUT2D eigenvalue weighted by Gasteiger charge is 2.32. The second kappa shape index (κ2) is 4.37. The first-order valence-corrected chi connectivity index (χ1v) is 5.79. The first-order valence-electron chi connectivity index (χ1n) is 4.99. The Balaban J connectivity index is 2.07. The van der Waals surface area contributed by atoms with Crippen LogP contribution < -0.4 is 0 Å². The van der Waals surface area contributed by atoms with Crippen molar-refractivity contribution in [2.45, 2.75) is 18.8 Å². The van der Waals surface area contributed by atoms with Gasteiger partial charge in [0.25, 0.3) is 0 Å². The van der Waals surface area contributed by atoms with E-state index in [2.05, 4.69) is 20.7 Å². The quantitative estimate of drug-likeness (QED) is 0.631. The molecule has 0 aliphatic heterocycles. The van der Waals surface area contributed by atoms with Crippen LogP contribution in [-0.4, -0.2) is 18.9 Å². The van der Waals surface area contributed by atoms with E-state index in [-0.39, 0.29) is 18.1 Å². The Morgan fingerprint density at radius 3 is 2.88 bits per heavy atom. The third kappa shape index (κ3) is 2.02. The molecule has 4 heteroatoms. The summed E-state index contributed by atoms with van der Waals surface area (Å²) in [5.41, 5.74) is 2.22. The van der Waals surface area contributed by atoms with Gasteiger partial charge in [-0.15, -0.1) is 0 Å². The SMILES string of the molecule is COC(=O)CC(=O)C1Cc2cc(Br)ccc21. The Hall–Kier alpha value is -1.16. The number of carbonyl (C=O) groups is 2. The van der Waals surface area contributed by atoms with E-state index < -0.39 is 5.97 Å². The van der Waals surface area contributed by atoms with Gasteiger partial charge >= 0.3 is 5.97 Å². The van der Waals surface area contributed by atoms with Gasteiger partial charge in [0.15, 0.2) is 5.78 Å². The topological polar surface area (TPSA) is 43.4 Å². The molecule has 0 aromatic heterocycles. The van der Waals surface area contributed by atoms with Gasteiger partial charge in [0, 0.05) is 10.4 Å². The van der Waals surface area contributed by atoms with Crippen LogP contribution in [0.3, 0.4) is 0 Å². The van der Waals surface area contributed by atoms with E-state index in [0.29, 0.717) is 0 Å². The number of rotatable bonds is 3. The average molecular weight is 283 g/mol. The van der Waals surface area contributed by atoms with Crippen molar-refractivity contribution in [3.8, 4) is 0 Å². The number of esters is 1. The summed E-state index contributed by atoms with van der Waals surface area (Å²) in [5.74, 6) is -0.639. The number of ether oxygens (including phenoxy) is 1. The number of halogens is 1. The van der Waals surface area contributed by atoms with Gasteiger partial charge in [-0.2, -0.15) is 0 Å². The van der Waals surface area contributed by atoms with Crippen molar-refractivity contribution in [3.05, 3.63) is 33.8 Å². The van der Waals surface area contributed by atoms with Crippen LogP contribution in [0.4, 0.5) is 0 Å². The minimum absolute atomic E-state index is 0.0540. The maximum atomic E-state index is 11.7. The molecule has 1 aromatic carbocycles. The van der Waals surface area contributed by atoms with Crippen molar-refractivity contribution in [3.63, 3.8) is 0 Å². The summed E-state index contributed by atoms with van der Waals surface area (Å²) < 4.78 is 5.50. The molecule has 3 nitrogen and oxygen atoms in total. The van der Waals surface area contributed by atoms with E-state index in [1.165, 1.54) is 12.7 Å². The predicted octanol–water partition coefficient (Wildman–Crippen LogP) is 2.22. The molecular formula is C12H11BrO3. The number of methoxy groups -OCH3 is 1. The highest BCUT2D eigenvalue weighted by Crippen LogP contribution is 2.37. The molecule has 0 fully saturated rings. The number of hydrogen-bond acceptors (Lipinski definition) is 3. The van der Waals surface area contributed by atoms with Crippen LogP contribution in [-0.2, 0) is 20.7 Å². The van der Waals surface area contributed by atoms with Crippen LogP contribution in [0.1, 0.15) is 23.5 Å². The fourth-order valence-electron chi connectivity index (χ4n) is 1.91. The van der Waals surface area contributed by atoms with Crippen molar-refractivity contribution in [2.24, 2.45) is 0 Å². The van der Waals surface area contributed by atoms with Crippen LogP contribution in [0.15, 0.2) is 22.7 Å². The summed E-state index contributed by atoms with van der Waals surface area (Å²) in [5, 5.41) is 0. The number of carbonyl (C=O) groups excluding carboxylic acids is 2. The lowest BCUT2D eigenvalue weighted by Crippen LogP contribution is -2.27. The van der Waals surface area contributed by atoms with Gasteiger partial charge in [-0.25, -0.2) is 0 Å². The normalized spacial score (nSPS) is 17.2. The lowest BCUT2D eigenvalue weighted by atomic mass is 9.74. The smallest absolute Gasteiger partial charge is 0.313 e. The molecule has 2 rings (SSSR count). The summed E-state index contributed by atoms with van der Waals surface area (Å²) in [6.07, 6.45) is 0.598. The lowest BCUT2D eigenvalue weighted by Gasteiger charge is -2.28. The summed E-state index contributed by atoms with van der Waals surface area (Å²) in [7, 11) is 1.29. The van der Waals surface area contributed by atoms with Gasteiger partial charge in [0.1, 0.15) is 6.42 Å². The summed E-state index contributed by atoms with van der Waals surface area (Å²) in [4.78, 5) is 22.7. The minimum Gasteiger partial charge on any atom is -0.469 e. The standard InChI is InChI=1S/C12H11BrO3/c1-16-12(15)6-11(14)10-5-7-4-8(13)2-3-9(7)10/h2-4,10H,5-6H2,1H3. The highest BCUT2D eigenvalue weighted by atomic mass is 79.9. The molecule has 1 aliphatic rings. The maximum Gasteiger partial charge on any atom is 0.313 e. The zero-order chi connectivity index (χ0) is 11.7. The molecule has 1 aliphatic carbocycles. The highest BCUT2D eigenvalue weighted by molar-refractivity contribution is 9.10. The van der Waals surface area contributed by atoms with Gasteiger partial charge in [0.2, 0.25) is 0 Å². The van der Waals surface area contributed by atoms with Gasteiger partial charge in [-0.1, -0.05) is 22.0 Å². The molecule has 1 aromatic rings. The summed E-state index contributed by atoms with van der Waals surface area (Å²) >= 11 is 3.38. The lowest BCUT2D eigenvalue weighted by molar-refractivity contribution is -0.143. The Kier molecular flexibility index (Phi) is 3.10. The van der Waals surface area contributed by atoms with E-state index in [1.54, 1.807) is 0 Å². The van der Waals surface area contributed by atoms with Crippen molar-refractivity contribution in [2.75, 3.05) is 7.11 Å². The molecule has 0 radical (unpaired) electrons. The predicted molar refractivity (Wildman–Crippen MR) is 62.2 cm³/mol. The molecule has 0 bridgehead atoms. The fourth-order valence-corrected chi connectivity index (χ4v) is 2.32. The van der Waals surface area contributed by atoms with Crippen molar-refractivity contribution in [1.29, 1.82) is 0 Å². The molecule has 1 unspecified atom stereocenters. The zero-order valence-electron chi connectivity index (χ0n) is 8.83. The monoisotopic (exact) mass is 282 g/mol. The Bertz CT molecular complexity index is 454. The third-order valence-electron chi connectivity index (χ3n) is 2.84. The van der Waals surface area contributed by atoms with Crippen molar-refractivity contribution >= 4 is 27.7 Å². The number of benzene rings is 1. The number of Topliss-reactive ketones (excluding diaryl/α,β-unsaturated/α-hetero) is 1. The van der Waals surface area contributed by atoms with Gasteiger partial charge in [-0.3, -0.25) is 9.59 Å². The van der Waals surface area contributed by atoms with E-state index in [0.717, 1.165) is 16.5 Å². The minimum atomic E-state index is -0.462. The van der Waals surface area contributed by atoms with Crippen molar-refractivity contribution in [1.82, 2.24) is 0 Å². The molecular weight excluding hydrogens is 272 g/mol. The van der Waals surface area contributed by atoms with E-state index in [1.807, 2.05) is 18.2 Å². The fraction of sp³-hybridized carbons (Fsp3) is 0.333. The van der Waals surface area contributed by atoms with E-state index in [9.17, 15) is 9.59 Å². The molecule has 0 saturated heterocycles. The summed E-state index contributed by atoms with van der Waals surface area (Å²) in [6, 6.07) is 5.86. The van der Waals surface area contributed by atoms with Crippen LogP contribution in [0.5, 0.6) is 0 Å². The Morgan fingerprint density at radius 2 is 2.25 bits per heavy atom. The number of ketones is 1. The molecule has 0 saturated carbocycles. The molecule has 0 spiro atoms. The third-order valence-corrected chi connectivity index (χ3v) is 3.33. The maximum absolute atomic E-state index is 11.7. The van der Waals surface area contributed by atoms with Gasteiger partial charge < -0.3 is 4.74 Å². The van der Waals surface area contributed by atoms with Crippen LogP contribution in [0, 0.1) is 0 Å².